The van der Waals surface area contributed by atoms with Crippen LogP contribution in [0.15, 0.2) is 4.99 Å². The van der Waals surface area contributed by atoms with E-state index in [9.17, 15) is 4.79 Å². The Labute approximate surface area is 129 Å². The van der Waals surface area contributed by atoms with Gasteiger partial charge in [0.15, 0.2) is 5.96 Å². The predicted octanol–water partition coefficient (Wildman–Crippen LogP) is 2.11. The Morgan fingerprint density at radius 3 is 2.48 bits per heavy atom. The zero-order chi connectivity index (χ0) is 16.1. The van der Waals surface area contributed by atoms with Crippen molar-refractivity contribution < 1.29 is 9.53 Å². The van der Waals surface area contributed by atoms with Crippen LogP contribution >= 0.6 is 0 Å². The Bertz CT molecular complexity index is 306. The van der Waals surface area contributed by atoms with Crippen molar-refractivity contribution in [2.75, 3.05) is 26.7 Å². The molecule has 124 valence electrons. The number of nitrogens with one attached hydrogen (secondary N) is 3. The lowest BCUT2D eigenvalue weighted by molar-refractivity contribution is 0.146. The maximum absolute atomic E-state index is 11.6. The van der Waals surface area contributed by atoms with E-state index in [4.69, 9.17) is 4.74 Å². The number of hydrogen-bond acceptors (Lipinski definition) is 3. The third-order valence-electron chi connectivity index (χ3n) is 2.92. The molecule has 1 atom stereocenters. The van der Waals surface area contributed by atoms with Gasteiger partial charge < -0.3 is 20.7 Å². The van der Waals surface area contributed by atoms with E-state index in [0.29, 0.717) is 19.1 Å². The van der Waals surface area contributed by atoms with E-state index in [-0.39, 0.29) is 12.1 Å². The number of guanidine groups is 1. The number of carbonyl (C=O) groups is 1. The van der Waals surface area contributed by atoms with E-state index >= 15 is 0 Å². The highest BCUT2D eigenvalue weighted by molar-refractivity contribution is 5.79. The Morgan fingerprint density at radius 2 is 1.95 bits per heavy atom. The summed E-state index contributed by atoms with van der Waals surface area (Å²) in [7, 11) is 1.75. The Kier molecular flexibility index (Phi) is 11.4. The van der Waals surface area contributed by atoms with Crippen LogP contribution in [0.5, 0.6) is 0 Å². The molecule has 0 bridgehead atoms. The smallest absolute Gasteiger partial charge is 0.407 e. The SMILES string of the molecule is CCCCNC(=NC)NCC(CC(C)C)NC(=O)OCC. The highest BCUT2D eigenvalue weighted by Crippen LogP contribution is 2.04. The fraction of sp³-hybridized carbons (Fsp3) is 0.867. The van der Waals surface area contributed by atoms with Gasteiger partial charge in [-0.05, 0) is 25.7 Å². The number of ether oxygens (including phenoxy) is 1. The van der Waals surface area contributed by atoms with Crippen LogP contribution in [-0.4, -0.2) is 44.8 Å². The first-order valence-corrected chi connectivity index (χ1v) is 7.91. The van der Waals surface area contributed by atoms with Crippen LogP contribution in [0, 0.1) is 5.92 Å². The molecule has 6 heteroatoms. The summed E-state index contributed by atoms with van der Waals surface area (Å²) < 4.78 is 4.94. The van der Waals surface area contributed by atoms with Crippen molar-refractivity contribution in [3.8, 4) is 0 Å². The molecule has 0 radical (unpaired) electrons. The summed E-state index contributed by atoms with van der Waals surface area (Å²) in [5.41, 5.74) is 0. The second kappa shape index (κ2) is 12.3. The molecule has 0 fully saturated rings. The van der Waals surface area contributed by atoms with Gasteiger partial charge in [-0.25, -0.2) is 4.79 Å². The Morgan fingerprint density at radius 1 is 1.24 bits per heavy atom. The zero-order valence-electron chi connectivity index (χ0n) is 14.2. The summed E-state index contributed by atoms with van der Waals surface area (Å²) in [5, 5.41) is 9.39. The van der Waals surface area contributed by atoms with Gasteiger partial charge in [-0.2, -0.15) is 0 Å². The first kappa shape index (κ1) is 19.5. The lowest BCUT2D eigenvalue weighted by atomic mass is 10.0. The minimum atomic E-state index is -0.362. The van der Waals surface area contributed by atoms with Crippen molar-refractivity contribution in [2.45, 2.75) is 53.0 Å². The Hall–Kier alpha value is -1.46. The molecule has 0 aromatic carbocycles. The summed E-state index contributed by atoms with van der Waals surface area (Å²) >= 11 is 0. The van der Waals surface area contributed by atoms with Crippen LogP contribution in [0.1, 0.15) is 47.0 Å². The van der Waals surface area contributed by atoms with Crippen molar-refractivity contribution in [2.24, 2.45) is 10.9 Å². The van der Waals surface area contributed by atoms with Crippen LogP contribution in [0.2, 0.25) is 0 Å². The number of rotatable bonds is 9. The van der Waals surface area contributed by atoms with Crippen LogP contribution in [0.4, 0.5) is 4.79 Å². The molecule has 0 saturated carbocycles. The lowest BCUT2D eigenvalue weighted by Gasteiger charge is -2.22. The second-order valence-electron chi connectivity index (χ2n) is 5.42. The topological polar surface area (TPSA) is 74.8 Å². The van der Waals surface area contributed by atoms with Crippen LogP contribution < -0.4 is 16.0 Å². The highest BCUT2D eigenvalue weighted by atomic mass is 16.5. The molecule has 3 N–H and O–H groups in total. The first-order valence-electron chi connectivity index (χ1n) is 7.91. The second-order valence-corrected chi connectivity index (χ2v) is 5.42. The van der Waals surface area contributed by atoms with Crippen molar-refractivity contribution in [1.82, 2.24) is 16.0 Å². The van der Waals surface area contributed by atoms with Gasteiger partial charge in [-0.1, -0.05) is 27.2 Å². The zero-order valence-corrected chi connectivity index (χ0v) is 14.2. The summed E-state index contributed by atoms with van der Waals surface area (Å²) in [5.74, 6) is 1.26. The molecule has 0 rings (SSSR count). The van der Waals surface area contributed by atoms with Crippen LogP contribution in [-0.2, 0) is 4.74 Å². The molecule has 0 aromatic rings. The van der Waals surface area contributed by atoms with Gasteiger partial charge in [0.1, 0.15) is 0 Å². The fourth-order valence-corrected chi connectivity index (χ4v) is 1.93. The third kappa shape index (κ3) is 10.9. The molecule has 0 aliphatic heterocycles. The molecule has 0 heterocycles. The van der Waals surface area contributed by atoms with Crippen molar-refractivity contribution in [3.05, 3.63) is 0 Å². The molecule has 0 aromatic heterocycles. The molecular weight excluding hydrogens is 268 g/mol. The molecule has 6 nitrogen and oxygen atoms in total. The predicted molar refractivity (Wildman–Crippen MR) is 87.7 cm³/mol. The minimum Gasteiger partial charge on any atom is -0.450 e. The van der Waals surface area contributed by atoms with Gasteiger partial charge in [0.25, 0.3) is 0 Å². The van der Waals surface area contributed by atoms with E-state index in [1.165, 1.54) is 0 Å². The van der Waals surface area contributed by atoms with Gasteiger partial charge in [0.2, 0.25) is 0 Å². The fourth-order valence-electron chi connectivity index (χ4n) is 1.93. The van der Waals surface area contributed by atoms with Crippen molar-refractivity contribution >= 4 is 12.1 Å². The molecule has 0 saturated heterocycles. The summed E-state index contributed by atoms with van der Waals surface area (Å²) in [6, 6.07) is 0.0220. The largest absolute Gasteiger partial charge is 0.450 e. The number of nitrogens with zero attached hydrogens (tertiary/aromatic N) is 1. The average molecular weight is 300 g/mol. The maximum atomic E-state index is 11.6. The molecule has 0 spiro atoms. The van der Waals surface area contributed by atoms with E-state index in [0.717, 1.165) is 31.8 Å². The summed E-state index contributed by atoms with van der Waals surface area (Å²) in [6.45, 7) is 10.1. The highest BCUT2D eigenvalue weighted by Gasteiger charge is 2.15. The summed E-state index contributed by atoms with van der Waals surface area (Å²) in [4.78, 5) is 15.7. The van der Waals surface area contributed by atoms with Crippen molar-refractivity contribution in [3.63, 3.8) is 0 Å². The number of carbonyl (C=O) groups excluding carboxylic acids is 1. The van der Waals surface area contributed by atoms with Gasteiger partial charge in [-0.15, -0.1) is 0 Å². The van der Waals surface area contributed by atoms with E-state index in [2.05, 4.69) is 41.7 Å². The number of unbranched alkanes of at least 4 members (excludes halogenated alkanes) is 1. The van der Waals surface area contributed by atoms with E-state index in [1.54, 1.807) is 14.0 Å². The quantitative estimate of drug-likeness (QED) is 0.346. The standard InChI is InChI=1S/C15H32N4O2/c1-6-8-9-17-14(16-5)18-11-13(10-12(3)4)19-15(20)21-7-2/h12-13H,6-11H2,1-5H3,(H,19,20)(H2,16,17,18). The van der Waals surface area contributed by atoms with Crippen molar-refractivity contribution in [1.29, 1.82) is 0 Å². The number of hydrogen-bond donors (Lipinski definition) is 3. The number of alkyl carbamates (subject to hydrolysis) is 1. The van der Waals surface area contributed by atoms with E-state index in [1.807, 2.05) is 0 Å². The van der Waals surface area contributed by atoms with Crippen LogP contribution in [0.25, 0.3) is 0 Å². The average Bonchev–Trinajstić information content (AvgIpc) is 2.42. The molecular formula is C15H32N4O2. The normalized spacial score (nSPS) is 13.0. The molecule has 0 aliphatic rings. The number of aliphatic imine (C=N–C) groups is 1. The molecule has 1 unspecified atom stereocenters. The molecule has 0 aliphatic carbocycles. The number of amides is 1. The molecule has 1 amide bonds. The lowest BCUT2D eigenvalue weighted by Crippen LogP contribution is -2.47. The summed E-state index contributed by atoms with van der Waals surface area (Å²) in [6.07, 6.45) is 2.78. The monoisotopic (exact) mass is 300 g/mol. The van der Waals surface area contributed by atoms with Gasteiger partial charge in [0.05, 0.1) is 6.61 Å². The third-order valence-corrected chi connectivity index (χ3v) is 2.92. The minimum absolute atomic E-state index is 0.0220. The Balaban J connectivity index is 4.28. The van der Waals surface area contributed by atoms with Gasteiger partial charge in [0, 0.05) is 26.2 Å². The maximum Gasteiger partial charge on any atom is 0.407 e. The molecule has 21 heavy (non-hydrogen) atoms. The first-order chi connectivity index (χ1) is 10.0. The van der Waals surface area contributed by atoms with Gasteiger partial charge in [-0.3, -0.25) is 4.99 Å². The van der Waals surface area contributed by atoms with Crippen LogP contribution in [0.3, 0.4) is 0 Å². The van der Waals surface area contributed by atoms with E-state index < -0.39 is 0 Å². The van der Waals surface area contributed by atoms with Gasteiger partial charge >= 0.3 is 6.09 Å².